The maximum Gasteiger partial charge on any atom is 0.191 e. The number of rotatable bonds is 5. The lowest BCUT2D eigenvalue weighted by atomic mass is 9.83. The van der Waals surface area contributed by atoms with Crippen LogP contribution in [0.15, 0.2) is 11.2 Å². The van der Waals surface area contributed by atoms with Gasteiger partial charge < -0.3 is 10.6 Å². The molecule has 1 aromatic heterocycles. The third-order valence-corrected chi connectivity index (χ3v) is 4.18. The lowest BCUT2D eigenvalue weighted by Gasteiger charge is -2.35. The molecule has 0 radical (unpaired) electrons. The first kappa shape index (κ1) is 14.4. The topological polar surface area (TPSA) is 49.8 Å². The average Bonchev–Trinajstić information content (AvgIpc) is 2.39. The van der Waals surface area contributed by atoms with Gasteiger partial charge in [0.05, 0.1) is 0 Å². The van der Waals surface area contributed by atoms with E-state index in [1.807, 2.05) is 12.3 Å². The molecule has 1 aromatic rings. The van der Waals surface area contributed by atoms with E-state index in [9.17, 15) is 0 Å². The van der Waals surface area contributed by atoms with E-state index >= 15 is 0 Å². The molecule has 0 unspecified atom stereocenters. The van der Waals surface area contributed by atoms with Gasteiger partial charge in [-0.15, -0.1) is 0 Å². The summed E-state index contributed by atoms with van der Waals surface area (Å²) in [5, 5.41) is 7.71. The van der Waals surface area contributed by atoms with Crippen molar-refractivity contribution in [1.82, 2.24) is 9.97 Å². The largest absolute Gasteiger partial charge is 0.370 e. The molecule has 0 saturated heterocycles. The van der Waals surface area contributed by atoms with E-state index < -0.39 is 0 Å². The van der Waals surface area contributed by atoms with Gasteiger partial charge >= 0.3 is 0 Å². The van der Waals surface area contributed by atoms with Crippen molar-refractivity contribution in [2.24, 2.45) is 0 Å². The highest BCUT2D eigenvalue weighted by atomic mass is 32.2. The van der Waals surface area contributed by atoms with E-state index in [2.05, 4.69) is 34.4 Å². The van der Waals surface area contributed by atoms with Crippen LogP contribution in [0.2, 0.25) is 0 Å². The van der Waals surface area contributed by atoms with E-state index in [1.165, 1.54) is 32.1 Å². The summed E-state index contributed by atoms with van der Waals surface area (Å²) >= 11 is 1.58. The van der Waals surface area contributed by atoms with Crippen molar-refractivity contribution >= 4 is 23.4 Å². The Morgan fingerprint density at radius 1 is 1.21 bits per heavy atom. The average molecular weight is 280 g/mol. The normalized spacial score (nSPS) is 18.1. The minimum atomic E-state index is 0.186. The van der Waals surface area contributed by atoms with E-state index in [0.717, 1.165) is 23.3 Å². The summed E-state index contributed by atoms with van der Waals surface area (Å²) < 4.78 is 0. The SMILES string of the molecule is CCNc1cc(NC2(C)CCCCC2)nc(SC)n1. The molecule has 1 aliphatic rings. The second-order valence-electron chi connectivity index (χ2n) is 5.40. The monoisotopic (exact) mass is 280 g/mol. The second-order valence-corrected chi connectivity index (χ2v) is 6.18. The van der Waals surface area contributed by atoms with Crippen LogP contribution in [0.3, 0.4) is 0 Å². The number of nitrogens with one attached hydrogen (secondary N) is 2. The third-order valence-electron chi connectivity index (χ3n) is 3.63. The van der Waals surface area contributed by atoms with Crippen molar-refractivity contribution in [3.8, 4) is 0 Å². The molecular weight excluding hydrogens is 256 g/mol. The van der Waals surface area contributed by atoms with Crippen LogP contribution in [0.1, 0.15) is 46.0 Å². The summed E-state index contributed by atoms with van der Waals surface area (Å²) in [6, 6.07) is 2.02. The van der Waals surface area contributed by atoms with Crippen LogP contribution in [0.4, 0.5) is 11.6 Å². The van der Waals surface area contributed by atoms with Crippen LogP contribution in [0, 0.1) is 0 Å². The zero-order valence-electron chi connectivity index (χ0n) is 12.1. The molecule has 1 fully saturated rings. The van der Waals surface area contributed by atoms with E-state index in [1.54, 1.807) is 11.8 Å². The highest BCUT2D eigenvalue weighted by Crippen LogP contribution is 2.31. The molecule has 19 heavy (non-hydrogen) atoms. The maximum atomic E-state index is 4.57. The van der Waals surface area contributed by atoms with Crippen LogP contribution in [-0.4, -0.2) is 28.3 Å². The first-order chi connectivity index (χ1) is 9.15. The smallest absolute Gasteiger partial charge is 0.191 e. The lowest BCUT2D eigenvalue weighted by Crippen LogP contribution is -2.37. The molecule has 0 bridgehead atoms. The predicted octanol–water partition coefficient (Wildman–Crippen LogP) is 3.77. The molecule has 5 heteroatoms. The zero-order chi connectivity index (χ0) is 13.7. The number of hydrogen-bond donors (Lipinski definition) is 2. The molecule has 0 amide bonds. The quantitative estimate of drug-likeness (QED) is 0.635. The van der Waals surface area contributed by atoms with Gasteiger partial charge in [-0.3, -0.25) is 0 Å². The van der Waals surface area contributed by atoms with Crippen molar-refractivity contribution in [3.63, 3.8) is 0 Å². The van der Waals surface area contributed by atoms with E-state index in [0.29, 0.717) is 0 Å². The van der Waals surface area contributed by atoms with Gasteiger partial charge in [-0.1, -0.05) is 31.0 Å². The Hall–Kier alpha value is -0.970. The molecule has 1 heterocycles. The molecule has 0 aromatic carbocycles. The Balaban J connectivity index is 2.16. The maximum absolute atomic E-state index is 4.57. The summed E-state index contributed by atoms with van der Waals surface area (Å²) in [5.41, 5.74) is 0.186. The summed E-state index contributed by atoms with van der Waals surface area (Å²) in [4.78, 5) is 9.03. The Kier molecular flexibility index (Phi) is 4.91. The molecule has 1 saturated carbocycles. The fourth-order valence-electron chi connectivity index (χ4n) is 2.62. The number of thioether (sulfide) groups is 1. The third kappa shape index (κ3) is 4.00. The minimum Gasteiger partial charge on any atom is -0.370 e. The fourth-order valence-corrected chi connectivity index (χ4v) is 3.00. The first-order valence-corrected chi connectivity index (χ1v) is 8.33. The number of anilines is 2. The van der Waals surface area contributed by atoms with E-state index in [-0.39, 0.29) is 5.54 Å². The molecule has 2 rings (SSSR count). The van der Waals surface area contributed by atoms with Gasteiger partial charge in [-0.05, 0) is 32.9 Å². The molecule has 106 valence electrons. The molecule has 4 nitrogen and oxygen atoms in total. The zero-order valence-corrected chi connectivity index (χ0v) is 12.9. The van der Waals surface area contributed by atoms with Crippen molar-refractivity contribution in [1.29, 1.82) is 0 Å². The van der Waals surface area contributed by atoms with E-state index in [4.69, 9.17) is 0 Å². The highest BCUT2D eigenvalue weighted by molar-refractivity contribution is 7.98. The molecule has 0 aliphatic heterocycles. The fraction of sp³-hybridized carbons (Fsp3) is 0.714. The summed E-state index contributed by atoms with van der Waals surface area (Å²) in [5.74, 6) is 1.85. The Morgan fingerprint density at radius 2 is 1.89 bits per heavy atom. The summed E-state index contributed by atoms with van der Waals surface area (Å²) in [6.07, 6.45) is 8.44. The van der Waals surface area contributed by atoms with Gasteiger partial charge in [0, 0.05) is 18.2 Å². The standard InChI is InChI=1S/C14H24N4S/c1-4-15-11-10-12(17-13(16-11)19-3)18-14(2)8-6-5-7-9-14/h10H,4-9H2,1-3H3,(H2,15,16,17,18). The van der Waals surface area contributed by atoms with Crippen LogP contribution < -0.4 is 10.6 Å². The Morgan fingerprint density at radius 3 is 2.53 bits per heavy atom. The summed E-state index contributed by atoms with van der Waals surface area (Å²) in [6.45, 7) is 5.26. The van der Waals surface area contributed by atoms with Crippen LogP contribution in [-0.2, 0) is 0 Å². The molecule has 0 spiro atoms. The minimum absolute atomic E-state index is 0.186. The Labute approximate surface area is 120 Å². The van der Waals surface area contributed by atoms with Crippen LogP contribution in [0.5, 0.6) is 0 Å². The second kappa shape index (κ2) is 6.46. The van der Waals surface area contributed by atoms with Crippen molar-refractivity contribution < 1.29 is 0 Å². The van der Waals surface area contributed by atoms with Crippen molar-refractivity contribution in [2.75, 3.05) is 23.4 Å². The van der Waals surface area contributed by atoms with Crippen LogP contribution in [0.25, 0.3) is 0 Å². The number of nitrogens with zero attached hydrogens (tertiary/aromatic N) is 2. The van der Waals surface area contributed by atoms with Crippen molar-refractivity contribution in [3.05, 3.63) is 6.07 Å². The summed E-state index contributed by atoms with van der Waals surface area (Å²) in [7, 11) is 0. The lowest BCUT2D eigenvalue weighted by molar-refractivity contribution is 0.348. The van der Waals surface area contributed by atoms with Gasteiger partial charge in [-0.2, -0.15) is 0 Å². The van der Waals surface area contributed by atoms with Gasteiger partial charge in [0.25, 0.3) is 0 Å². The van der Waals surface area contributed by atoms with Gasteiger partial charge in [0.2, 0.25) is 0 Å². The molecule has 0 atom stereocenters. The predicted molar refractivity (Wildman–Crippen MR) is 83.1 cm³/mol. The Bertz CT molecular complexity index is 416. The van der Waals surface area contributed by atoms with Crippen molar-refractivity contribution in [2.45, 2.75) is 56.6 Å². The first-order valence-electron chi connectivity index (χ1n) is 7.10. The number of hydrogen-bond acceptors (Lipinski definition) is 5. The van der Waals surface area contributed by atoms with Gasteiger partial charge in [0.1, 0.15) is 11.6 Å². The van der Waals surface area contributed by atoms with Gasteiger partial charge in [0.15, 0.2) is 5.16 Å². The van der Waals surface area contributed by atoms with Crippen LogP contribution >= 0.6 is 11.8 Å². The van der Waals surface area contributed by atoms with Gasteiger partial charge in [-0.25, -0.2) is 9.97 Å². The molecule has 1 aliphatic carbocycles. The number of aromatic nitrogens is 2. The molecular formula is C14H24N4S. The highest BCUT2D eigenvalue weighted by Gasteiger charge is 2.27. The molecule has 2 N–H and O–H groups in total.